The van der Waals surface area contributed by atoms with Gasteiger partial charge in [0.1, 0.15) is 11.6 Å². The molecule has 168 valence electrons. The number of carbonyl (C=O) groups excluding carboxylic acids is 1. The molecule has 0 fully saturated rings. The Morgan fingerprint density at radius 1 is 1.22 bits per heavy atom. The van der Waals surface area contributed by atoms with Crippen molar-refractivity contribution in [3.8, 4) is 5.75 Å². The van der Waals surface area contributed by atoms with Crippen LogP contribution in [0.2, 0.25) is 10.0 Å². The Bertz CT molecular complexity index is 1150. The van der Waals surface area contributed by atoms with Gasteiger partial charge in [-0.1, -0.05) is 41.4 Å². The number of benzene rings is 2. The number of hydrogen-bond donors (Lipinski definition) is 2. The summed E-state index contributed by atoms with van der Waals surface area (Å²) < 4.78 is 47.4. The fourth-order valence-corrected chi connectivity index (χ4v) is 3.87. The summed E-state index contributed by atoms with van der Waals surface area (Å²) in [6.07, 6.45) is -4.84. The molecule has 2 aromatic carbocycles. The fourth-order valence-electron chi connectivity index (χ4n) is 3.53. The molecule has 2 N–H and O–H groups in total. The number of anilines is 2. The van der Waals surface area contributed by atoms with Crippen LogP contribution in [0.5, 0.6) is 5.75 Å². The Labute approximate surface area is 191 Å². The zero-order valence-electron chi connectivity index (χ0n) is 16.6. The Morgan fingerprint density at radius 3 is 2.59 bits per heavy atom. The van der Waals surface area contributed by atoms with Gasteiger partial charge in [-0.15, -0.1) is 0 Å². The van der Waals surface area contributed by atoms with Crippen LogP contribution in [0.25, 0.3) is 0 Å². The first-order valence-electron chi connectivity index (χ1n) is 9.49. The first-order valence-corrected chi connectivity index (χ1v) is 10.2. The molecule has 2 atom stereocenters. The van der Waals surface area contributed by atoms with Crippen LogP contribution in [0.3, 0.4) is 0 Å². The van der Waals surface area contributed by atoms with Gasteiger partial charge in [0, 0.05) is 12.5 Å². The van der Waals surface area contributed by atoms with Crippen LogP contribution in [-0.4, -0.2) is 29.0 Å². The maximum Gasteiger partial charge on any atom is 0.410 e. The minimum Gasteiger partial charge on any atom is -0.497 e. The van der Waals surface area contributed by atoms with Crippen molar-refractivity contribution in [2.45, 2.75) is 24.7 Å². The van der Waals surface area contributed by atoms with Crippen LogP contribution in [0.1, 0.15) is 34.6 Å². The zero-order chi connectivity index (χ0) is 23.0. The minimum atomic E-state index is -4.56. The number of halogens is 5. The Balaban J connectivity index is 1.64. The van der Waals surface area contributed by atoms with Gasteiger partial charge in [0.05, 0.1) is 28.9 Å². The van der Waals surface area contributed by atoms with E-state index in [1.54, 1.807) is 36.4 Å². The molecule has 0 aliphatic carbocycles. The van der Waals surface area contributed by atoms with E-state index in [1.165, 1.54) is 19.2 Å². The molecule has 11 heteroatoms. The van der Waals surface area contributed by atoms with Gasteiger partial charge in [0.15, 0.2) is 11.7 Å². The highest BCUT2D eigenvalue weighted by molar-refractivity contribution is 6.44. The average molecular weight is 485 g/mol. The molecule has 4 rings (SSSR count). The van der Waals surface area contributed by atoms with Crippen molar-refractivity contribution in [1.29, 1.82) is 0 Å². The highest BCUT2D eigenvalue weighted by atomic mass is 35.5. The Morgan fingerprint density at radius 2 is 1.94 bits per heavy atom. The number of carbonyl (C=O) groups is 1. The molecule has 6 nitrogen and oxygen atoms in total. The normalized spacial score (nSPS) is 17.9. The van der Waals surface area contributed by atoms with Crippen LogP contribution in [0.15, 0.2) is 48.5 Å². The second-order valence-corrected chi connectivity index (χ2v) is 7.96. The quantitative estimate of drug-likeness (QED) is 0.468. The third-order valence-electron chi connectivity index (χ3n) is 5.14. The molecular formula is C21H17Cl2F3N4O2. The van der Waals surface area contributed by atoms with Crippen LogP contribution < -0.4 is 15.4 Å². The van der Waals surface area contributed by atoms with Crippen molar-refractivity contribution in [1.82, 2.24) is 9.78 Å². The minimum absolute atomic E-state index is 0.0849. The monoisotopic (exact) mass is 484 g/mol. The van der Waals surface area contributed by atoms with E-state index in [4.69, 9.17) is 27.9 Å². The number of amides is 1. The van der Waals surface area contributed by atoms with Crippen molar-refractivity contribution in [3.63, 3.8) is 0 Å². The average Bonchev–Trinajstić information content (AvgIpc) is 3.20. The lowest BCUT2D eigenvalue weighted by Crippen LogP contribution is -2.35. The van der Waals surface area contributed by atoms with Gasteiger partial charge in [0.2, 0.25) is 0 Å². The van der Waals surface area contributed by atoms with E-state index < -0.39 is 24.2 Å². The van der Waals surface area contributed by atoms with Crippen LogP contribution in [0, 0.1) is 0 Å². The Hall–Kier alpha value is -2.91. The highest BCUT2D eigenvalue weighted by Crippen LogP contribution is 2.44. The summed E-state index contributed by atoms with van der Waals surface area (Å²) in [7, 11) is 1.51. The molecule has 1 aliphatic heterocycles. The first kappa shape index (κ1) is 22.3. The predicted octanol–water partition coefficient (Wildman–Crippen LogP) is 6.11. The number of fused-ring (bicyclic) bond motifs is 1. The molecule has 0 unspecified atom stereocenters. The molecular weight excluding hydrogens is 468 g/mol. The van der Waals surface area contributed by atoms with Gasteiger partial charge < -0.3 is 15.4 Å². The lowest BCUT2D eigenvalue weighted by Gasteiger charge is -2.33. The van der Waals surface area contributed by atoms with Crippen LogP contribution >= 0.6 is 23.2 Å². The molecule has 0 saturated heterocycles. The SMILES string of the molecule is COc1ccc([C@H]2C[C@@H](C(F)(F)F)n3nc(C(=O)Nc4cccc(Cl)c4Cl)cc3N2)cc1. The standard InChI is InChI=1S/C21H17Cl2F3N4O2/c1-32-12-7-5-11(6-8-12)15-9-17(21(24,25)26)30-18(27-15)10-16(29-30)20(31)28-14-4-2-3-13(22)19(14)23/h2-8,10,15,17,27H,9H2,1H3,(H,28,31)/t15-,17+/m1/s1. The van der Waals surface area contributed by atoms with E-state index >= 15 is 0 Å². The van der Waals surface area contributed by atoms with Crippen molar-refractivity contribution in [2.24, 2.45) is 0 Å². The van der Waals surface area contributed by atoms with Crippen LogP contribution in [0.4, 0.5) is 24.7 Å². The molecule has 0 saturated carbocycles. The van der Waals surface area contributed by atoms with E-state index in [2.05, 4.69) is 15.7 Å². The van der Waals surface area contributed by atoms with E-state index in [1.807, 2.05) is 0 Å². The summed E-state index contributed by atoms with van der Waals surface area (Å²) in [5.74, 6) is -0.0258. The van der Waals surface area contributed by atoms with Gasteiger partial charge in [-0.2, -0.15) is 18.3 Å². The van der Waals surface area contributed by atoms with Gasteiger partial charge in [-0.25, -0.2) is 4.68 Å². The zero-order valence-corrected chi connectivity index (χ0v) is 18.1. The third-order valence-corrected chi connectivity index (χ3v) is 5.96. The lowest BCUT2D eigenvalue weighted by molar-refractivity contribution is -0.173. The molecule has 1 aliphatic rings. The number of rotatable bonds is 4. The molecule has 1 aromatic heterocycles. The van der Waals surface area contributed by atoms with Gasteiger partial charge in [-0.3, -0.25) is 4.79 Å². The van der Waals surface area contributed by atoms with Crippen molar-refractivity contribution < 1.29 is 22.7 Å². The summed E-state index contributed by atoms with van der Waals surface area (Å²) in [4.78, 5) is 12.7. The second kappa shape index (κ2) is 8.55. The summed E-state index contributed by atoms with van der Waals surface area (Å²) >= 11 is 12.0. The van der Waals surface area contributed by atoms with E-state index in [0.29, 0.717) is 11.3 Å². The summed E-state index contributed by atoms with van der Waals surface area (Å²) in [5, 5.41) is 9.86. The number of nitrogens with zero attached hydrogens (tertiary/aromatic N) is 2. The molecule has 0 spiro atoms. The fraction of sp³-hybridized carbons (Fsp3) is 0.238. The van der Waals surface area contributed by atoms with Gasteiger partial charge in [-0.05, 0) is 29.8 Å². The molecule has 0 radical (unpaired) electrons. The maximum absolute atomic E-state index is 13.8. The maximum atomic E-state index is 13.8. The molecule has 2 heterocycles. The molecule has 3 aromatic rings. The molecule has 0 bridgehead atoms. The van der Waals surface area contributed by atoms with Crippen molar-refractivity contribution >= 4 is 40.6 Å². The van der Waals surface area contributed by atoms with E-state index in [9.17, 15) is 18.0 Å². The molecule has 1 amide bonds. The number of nitrogens with one attached hydrogen (secondary N) is 2. The van der Waals surface area contributed by atoms with Crippen LogP contribution in [-0.2, 0) is 0 Å². The van der Waals surface area contributed by atoms with E-state index in [0.717, 1.165) is 4.68 Å². The summed E-state index contributed by atoms with van der Waals surface area (Å²) in [6.45, 7) is 0. The first-order chi connectivity index (χ1) is 15.2. The smallest absolute Gasteiger partial charge is 0.410 e. The number of alkyl halides is 3. The topological polar surface area (TPSA) is 68.2 Å². The van der Waals surface area contributed by atoms with Gasteiger partial charge in [0.25, 0.3) is 5.91 Å². The lowest BCUT2D eigenvalue weighted by atomic mass is 9.97. The second-order valence-electron chi connectivity index (χ2n) is 7.18. The van der Waals surface area contributed by atoms with Crippen molar-refractivity contribution in [3.05, 3.63) is 69.8 Å². The largest absolute Gasteiger partial charge is 0.497 e. The van der Waals surface area contributed by atoms with Crippen molar-refractivity contribution in [2.75, 3.05) is 17.7 Å². The Kier molecular flexibility index (Phi) is 5.96. The molecule has 32 heavy (non-hydrogen) atoms. The number of ether oxygens (including phenoxy) is 1. The van der Waals surface area contributed by atoms with E-state index in [-0.39, 0.29) is 33.7 Å². The van der Waals surface area contributed by atoms with Gasteiger partial charge >= 0.3 is 6.18 Å². The number of hydrogen-bond acceptors (Lipinski definition) is 4. The summed E-state index contributed by atoms with van der Waals surface area (Å²) in [5.41, 5.74) is 0.698. The highest BCUT2D eigenvalue weighted by Gasteiger charge is 2.46. The third kappa shape index (κ3) is 4.35. The number of methoxy groups -OCH3 is 1. The summed E-state index contributed by atoms with van der Waals surface area (Å²) in [6, 6.07) is 10.2. The number of aromatic nitrogens is 2. The predicted molar refractivity (Wildman–Crippen MR) is 116 cm³/mol.